The molecule has 0 fully saturated rings. The van der Waals surface area contributed by atoms with Crippen molar-refractivity contribution in [1.29, 1.82) is 0 Å². The van der Waals surface area contributed by atoms with Gasteiger partial charge in [-0.15, -0.1) is 0 Å². The lowest BCUT2D eigenvalue weighted by Gasteiger charge is -2.17. The zero-order valence-corrected chi connectivity index (χ0v) is 11.2. The van der Waals surface area contributed by atoms with Crippen LogP contribution in [0.3, 0.4) is 0 Å². The van der Waals surface area contributed by atoms with Crippen molar-refractivity contribution in [2.24, 2.45) is 0 Å². The van der Waals surface area contributed by atoms with Crippen molar-refractivity contribution in [3.8, 4) is 0 Å². The highest BCUT2D eigenvalue weighted by atomic mass is 79.9. The molecule has 0 amide bonds. The zero-order chi connectivity index (χ0) is 12.0. The molecule has 2 nitrogen and oxygen atoms in total. The Morgan fingerprint density at radius 3 is 2.81 bits per heavy atom. The Morgan fingerprint density at radius 1 is 1.50 bits per heavy atom. The first-order chi connectivity index (χ1) is 7.67. The molecule has 0 radical (unpaired) electrons. The Kier molecular flexibility index (Phi) is 5.95. The zero-order valence-electron chi connectivity index (χ0n) is 9.59. The molecule has 0 aliphatic carbocycles. The Bertz CT molecular complexity index is 327. The second kappa shape index (κ2) is 6.99. The molecule has 0 aliphatic rings. The van der Waals surface area contributed by atoms with E-state index in [-0.39, 0.29) is 11.9 Å². The molecule has 16 heavy (non-hydrogen) atoms. The average Bonchev–Trinajstić information content (AvgIpc) is 2.24. The lowest BCUT2D eigenvalue weighted by Crippen LogP contribution is -2.34. The van der Waals surface area contributed by atoms with E-state index >= 15 is 0 Å². The molecule has 1 N–H and O–H groups in total. The topological polar surface area (TPSA) is 21.3 Å². The van der Waals surface area contributed by atoms with Crippen molar-refractivity contribution < 1.29 is 9.13 Å². The molecule has 90 valence electrons. The number of halogens is 2. The summed E-state index contributed by atoms with van der Waals surface area (Å²) >= 11 is 3.19. The van der Waals surface area contributed by atoms with E-state index in [0.29, 0.717) is 11.1 Å². The fraction of sp³-hybridized carbons (Fsp3) is 0.500. The van der Waals surface area contributed by atoms with Gasteiger partial charge in [-0.05, 0) is 46.6 Å². The van der Waals surface area contributed by atoms with Gasteiger partial charge < -0.3 is 10.1 Å². The van der Waals surface area contributed by atoms with Crippen LogP contribution in [0.5, 0.6) is 0 Å². The van der Waals surface area contributed by atoms with Crippen LogP contribution >= 0.6 is 15.9 Å². The number of rotatable bonds is 6. The quantitative estimate of drug-likeness (QED) is 0.870. The van der Waals surface area contributed by atoms with Crippen molar-refractivity contribution in [2.75, 3.05) is 20.3 Å². The van der Waals surface area contributed by atoms with E-state index in [0.717, 1.165) is 18.5 Å². The molecule has 0 saturated carbocycles. The second-order valence-electron chi connectivity index (χ2n) is 3.66. The minimum atomic E-state index is -0.226. The molecule has 0 bridgehead atoms. The number of nitrogens with one attached hydrogen (secondary N) is 1. The standard InChI is InChI=1S/C12H17BrFNO/c1-3-15-10(8-16-2)6-9-4-5-12(14)11(13)7-9/h4-5,7,10,15H,3,6,8H2,1-2H3. The molecular weight excluding hydrogens is 273 g/mol. The van der Waals surface area contributed by atoms with E-state index < -0.39 is 0 Å². The third-order valence-electron chi connectivity index (χ3n) is 2.33. The van der Waals surface area contributed by atoms with E-state index in [1.165, 1.54) is 6.07 Å². The molecule has 0 aliphatic heterocycles. The first-order valence-corrected chi connectivity index (χ1v) is 6.13. The first kappa shape index (κ1) is 13.6. The van der Waals surface area contributed by atoms with Crippen molar-refractivity contribution in [1.82, 2.24) is 5.32 Å². The fourth-order valence-corrected chi connectivity index (χ4v) is 2.06. The molecular formula is C12H17BrFNO. The van der Waals surface area contributed by atoms with Gasteiger partial charge in [0.2, 0.25) is 0 Å². The van der Waals surface area contributed by atoms with Crippen LogP contribution in [-0.4, -0.2) is 26.3 Å². The molecule has 1 unspecified atom stereocenters. The number of hydrogen-bond acceptors (Lipinski definition) is 2. The van der Waals surface area contributed by atoms with E-state index in [1.54, 1.807) is 13.2 Å². The smallest absolute Gasteiger partial charge is 0.137 e. The summed E-state index contributed by atoms with van der Waals surface area (Å²) in [5, 5.41) is 3.33. The third-order valence-corrected chi connectivity index (χ3v) is 2.93. The number of hydrogen-bond donors (Lipinski definition) is 1. The Balaban J connectivity index is 2.65. The van der Waals surface area contributed by atoms with Gasteiger partial charge in [0.25, 0.3) is 0 Å². The maximum absolute atomic E-state index is 13.0. The van der Waals surface area contributed by atoms with Crippen molar-refractivity contribution in [2.45, 2.75) is 19.4 Å². The largest absolute Gasteiger partial charge is 0.383 e. The van der Waals surface area contributed by atoms with E-state index in [2.05, 4.69) is 28.2 Å². The minimum Gasteiger partial charge on any atom is -0.383 e. The predicted octanol–water partition coefficient (Wildman–Crippen LogP) is 2.76. The Labute approximate surface area is 104 Å². The van der Waals surface area contributed by atoms with E-state index in [9.17, 15) is 4.39 Å². The summed E-state index contributed by atoms with van der Waals surface area (Å²) in [6.45, 7) is 3.61. The van der Waals surface area contributed by atoms with Gasteiger partial charge in [-0.25, -0.2) is 4.39 Å². The van der Waals surface area contributed by atoms with Crippen molar-refractivity contribution in [3.63, 3.8) is 0 Å². The normalized spacial score (nSPS) is 12.8. The Hall–Kier alpha value is -0.450. The van der Waals surface area contributed by atoms with Gasteiger partial charge in [0, 0.05) is 13.2 Å². The van der Waals surface area contributed by atoms with Gasteiger partial charge in [-0.3, -0.25) is 0 Å². The summed E-state index contributed by atoms with van der Waals surface area (Å²) in [6, 6.07) is 5.37. The van der Waals surface area contributed by atoms with E-state index in [4.69, 9.17) is 4.74 Å². The van der Waals surface area contributed by atoms with Crippen molar-refractivity contribution >= 4 is 15.9 Å². The van der Waals surface area contributed by atoms with Crippen LogP contribution in [0.15, 0.2) is 22.7 Å². The molecule has 0 aromatic heterocycles. The lowest BCUT2D eigenvalue weighted by atomic mass is 10.1. The van der Waals surface area contributed by atoms with Crippen molar-refractivity contribution in [3.05, 3.63) is 34.1 Å². The molecule has 1 aromatic rings. The first-order valence-electron chi connectivity index (χ1n) is 5.33. The molecule has 4 heteroatoms. The summed E-state index contributed by atoms with van der Waals surface area (Å²) in [4.78, 5) is 0. The van der Waals surface area contributed by atoms with Gasteiger partial charge in [0.05, 0.1) is 11.1 Å². The minimum absolute atomic E-state index is 0.226. The number of ether oxygens (including phenoxy) is 1. The fourth-order valence-electron chi connectivity index (χ4n) is 1.63. The van der Waals surface area contributed by atoms with Crippen LogP contribution in [0.2, 0.25) is 0 Å². The van der Waals surface area contributed by atoms with E-state index in [1.807, 2.05) is 6.07 Å². The highest BCUT2D eigenvalue weighted by Gasteiger charge is 2.09. The molecule has 0 saturated heterocycles. The van der Waals surface area contributed by atoms with Crippen LogP contribution in [0.4, 0.5) is 4.39 Å². The van der Waals surface area contributed by atoms with Gasteiger partial charge in [0.1, 0.15) is 5.82 Å². The number of benzene rings is 1. The monoisotopic (exact) mass is 289 g/mol. The highest BCUT2D eigenvalue weighted by molar-refractivity contribution is 9.10. The lowest BCUT2D eigenvalue weighted by molar-refractivity contribution is 0.167. The predicted molar refractivity (Wildman–Crippen MR) is 67.1 cm³/mol. The highest BCUT2D eigenvalue weighted by Crippen LogP contribution is 2.17. The van der Waals surface area contributed by atoms with Gasteiger partial charge >= 0.3 is 0 Å². The second-order valence-corrected chi connectivity index (χ2v) is 4.52. The average molecular weight is 290 g/mol. The molecule has 0 spiro atoms. The molecule has 1 rings (SSSR count). The van der Waals surface area contributed by atoms with Gasteiger partial charge in [-0.1, -0.05) is 13.0 Å². The van der Waals surface area contributed by atoms with Crippen LogP contribution in [0, 0.1) is 5.82 Å². The summed E-state index contributed by atoms with van der Waals surface area (Å²) in [5.41, 5.74) is 1.09. The molecule has 1 aromatic carbocycles. The number of methoxy groups -OCH3 is 1. The maximum atomic E-state index is 13.0. The Morgan fingerprint density at radius 2 is 2.25 bits per heavy atom. The molecule has 1 atom stereocenters. The van der Waals surface area contributed by atoms with Gasteiger partial charge in [0.15, 0.2) is 0 Å². The van der Waals surface area contributed by atoms with Gasteiger partial charge in [-0.2, -0.15) is 0 Å². The maximum Gasteiger partial charge on any atom is 0.137 e. The summed E-state index contributed by atoms with van der Waals surface area (Å²) in [5.74, 6) is -0.226. The molecule has 0 heterocycles. The van der Waals surface area contributed by atoms with Crippen LogP contribution in [0.1, 0.15) is 12.5 Å². The third kappa shape index (κ3) is 4.20. The summed E-state index contributed by atoms with van der Waals surface area (Å²) in [7, 11) is 1.69. The van der Waals surface area contributed by atoms with Crippen LogP contribution < -0.4 is 5.32 Å². The number of likely N-dealkylation sites (N-methyl/N-ethyl adjacent to an activating group) is 1. The van der Waals surface area contributed by atoms with Crippen LogP contribution in [-0.2, 0) is 11.2 Å². The van der Waals surface area contributed by atoms with Crippen LogP contribution in [0.25, 0.3) is 0 Å². The SMILES string of the molecule is CCNC(COC)Cc1ccc(F)c(Br)c1. The summed E-state index contributed by atoms with van der Waals surface area (Å²) in [6.07, 6.45) is 0.834. The summed E-state index contributed by atoms with van der Waals surface area (Å²) < 4.78 is 18.7.